The van der Waals surface area contributed by atoms with Crippen LogP contribution in [0.2, 0.25) is 0 Å². The standard InChI is InChI=1S/C14H15F3N2O4/c1-8-6-23-7-9(2)18(8)13(20)11-4-3-10(14(15,16)17)5-12(11)19(21)22/h3-5,8-9H,6-7H2,1-2H3. The van der Waals surface area contributed by atoms with E-state index >= 15 is 0 Å². The Balaban J connectivity index is 2.46. The first-order chi connectivity index (χ1) is 10.6. The zero-order valence-electron chi connectivity index (χ0n) is 12.5. The van der Waals surface area contributed by atoms with Crippen LogP contribution in [0.4, 0.5) is 18.9 Å². The van der Waals surface area contributed by atoms with E-state index in [4.69, 9.17) is 4.74 Å². The van der Waals surface area contributed by atoms with Crippen molar-refractivity contribution in [3.8, 4) is 0 Å². The van der Waals surface area contributed by atoms with Gasteiger partial charge in [0.2, 0.25) is 0 Å². The number of alkyl halides is 3. The number of carbonyl (C=O) groups is 1. The monoisotopic (exact) mass is 332 g/mol. The van der Waals surface area contributed by atoms with Gasteiger partial charge < -0.3 is 9.64 Å². The van der Waals surface area contributed by atoms with Crippen LogP contribution in [0, 0.1) is 10.1 Å². The molecule has 2 atom stereocenters. The number of morpholine rings is 1. The summed E-state index contributed by atoms with van der Waals surface area (Å²) in [6, 6.07) is 1.28. The number of nitro groups is 1. The van der Waals surface area contributed by atoms with Crippen molar-refractivity contribution < 1.29 is 27.6 Å². The molecule has 1 aliphatic heterocycles. The van der Waals surface area contributed by atoms with E-state index in [1.807, 2.05) is 0 Å². The van der Waals surface area contributed by atoms with Crippen LogP contribution in [0.3, 0.4) is 0 Å². The summed E-state index contributed by atoms with van der Waals surface area (Å²) in [7, 11) is 0. The van der Waals surface area contributed by atoms with Crippen LogP contribution in [0.1, 0.15) is 29.8 Å². The second kappa shape index (κ2) is 6.15. The van der Waals surface area contributed by atoms with Gasteiger partial charge in [0.15, 0.2) is 0 Å². The molecule has 0 N–H and O–H groups in total. The van der Waals surface area contributed by atoms with Crippen molar-refractivity contribution in [2.24, 2.45) is 0 Å². The lowest BCUT2D eigenvalue weighted by Gasteiger charge is -2.38. The molecule has 0 spiro atoms. The third kappa shape index (κ3) is 3.44. The van der Waals surface area contributed by atoms with Crippen molar-refractivity contribution in [2.45, 2.75) is 32.1 Å². The Bertz CT molecular complexity index is 623. The summed E-state index contributed by atoms with van der Waals surface area (Å²) in [4.78, 5) is 24.1. The van der Waals surface area contributed by atoms with Crippen LogP contribution in [0.5, 0.6) is 0 Å². The molecule has 1 amide bonds. The number of nitrogens with zero attached hydrogens (tertiary/aromatic N) is 2. The largest absolute Gasteiger partial charge is 0.416 e. The molecule has 0 saturated carbocycles. The quantitative estimate of drug-likeness (QED) is 0.617. The number of benzene rings is 1. The smallest absolute Gasteiger partial charge is 0.377 e. The number of rotatable bonds is 2. The number of hydrogen-bond acceptors (Lipinski definition) is 4. The lowest BCUT2D eigenvalue weighted by atomic mass is 10.0. The molecular formula is C14H15F3N2O4. The maximum atomic E-state index is 12.7. The molecule has 0 aliphatic carbocycles. The van der Waals surface area contributed by atoms with Gasteiger partial charge in [-0.3, -0.25) is 14.9 Å². The van der Waals surface area contributed by atoms with Crippen molar-refractivity contribution in [1.29, 1.82) is 0 Å². The van der Waals surface area contributed by atoms with Crippen molar-refractivity contribution in [2.75, 3.05) is 13.2 Å². The van der Waals surface area contributed by atoms with E-state index in [2.05, 4.69) is 0 Å². The van der Waals surface area contributed by atoms with Crippen molar-refractivity contribution in [1.82, 2.24) is 4.90 Å². The SMILES string of the molecule is CC1COCC(C)N1C(=O)c1ccc(C(F)(F)F)cc1[N+](=O)[O-]. The molecular weight excluding hydrogens is 317 g/mol. The number of ether oxygens (including phenoxy) is 1. The fourth-order valence-corrected chi connectivity index (χ4v) is 2.58. The highest BCUT2D eigenvalue weighted by Gasteiger charge is 2.37. The molecule has 23 heavy (non-hydrogen) atoms. The highest BCUT2D eigenvalue weighted by atomic mass is 19.4. The van der Waals surface area contributed by atoms with E-state index < -0.39 is 28.3 Å². The third-order valence-corrected chi connectivity index (χ3v) is 3.65. The molecule has 0 aromatic heterocycles. The first-order valence-corrected chi connectivity index (χ1v) is 6.89. The number of amides is 1. The topological polar surface area (TPSA) is 72.7 Å². The Morgan fingerprint density at radius 2 is 1.87 bits per heavy atom. The lowest BCUT2D eigenvalue weighted by Crippen LogP contribution is -2.52. The third-order valence-electron chi connectivity index (χ3n) is 3.65. The summed E-state index contributed by atoms with van der Waals surface area (Å²) >= 11 is 0. The molecule has 1 aromatic carbocycles. The fourth-order valence-electron chi connectivity index (χ4n) is 2.58. The molecule has 0 bridgehead atoms. The van der Waals surface area contributed by atoms with Gasteiger partial charge in [0.1, 0.15) is 5.56 Å². The van der Waals surface area contributed by atoms with Crippen LogP contribution in [-0.4, -0.2) is 41.0 Å². The predicted molar refractivity (Wildman–Crippen MR) is 74.0 cm³/mol. The Morgan fingerprint density at radius 1 is 1.30 bits per heavy atom. The maximum absolute atomic E-state index is 12.7. The van der Waals surface area contributed by atoms with Crippen LogP contribution >= 0.6 is 0 Å². The van der Waals surface area contributed by atoms with E-state index in [-0.39, 0.29) is 30.9 Å². The molecule has 126 valence electrons. The van der Waals surface area contributed by atoms with Crippen LogP contribution < -0.4 is 0 Å². The van der Waals surface area contributed by atoms with Gasteiger partial charge in [-0.25, -0.2) is 0 Å². The number of nitro benzene ring substituents is 1. The van der Waals surface area contributed by atoms with E-state index in [1.54, 1.807) is 13.8 Å². The normalized spacial score (nSPS) is 22.0. The van der Waals surface area contributed by atoms with Gasteiger partial charge in [0.25, 0.3) is 11.6 Å². The van der Waals surface area contributed by atoms with Gasteiger partial charge in [0, 0.05) is 6.07 Å². The highest BCUT2D eigenvalue weighted by Crippen LogP contribution is 2.34. The summed E-state index contributed by atoms with van der Waals surface area (Å²) < 4.78 is 43.4. The molecule has 1 aliphatic rings. The number of halogens is 3. The van der Waals surface area contributed by atoms with Crippen LogP contribution in [-0.2, 0) is 10.9 Å². The molecule has 1 fully saturated rings. The molecule has 1 heterocycles. The van der Waals surface area contributed by atoms with Gasteiger partial charge in [-0.1, -0.05) is 0 Å². The Hall–Kier alpha value is -2.16. The minimum atomic E-state index is -4.72. The zero-order chi connectivity index (χ0) is 17.4. The molecule has 2 rings (SSSR count). The minimum Gasteiger partial charge on any atom is -0.377 e. The summed E-state index contributed by atoms with van der Waals surface area (Å²) in [5.74, 6) is -0.672. The van der Waals surface area contributed by atoms with Crippen molar-refractivity contribution in [3.63, 3.8) is 0 Å². The number of hydrogen-bond donors (Lipinski definition) is 0. The van der Waals surface area contributed by atoms with Crippen LogP contribution in [0.15, 0.2) is 18.2 Å². The fraction of sp³-hybridized carbons (Fsp3) is 0.500. The number of carbonyl (C=O) groups excluding carboxylic acids is 1. The first kappa shape index (κ1) is 17.2. The predicted octanol–water partition coefficient (Wildman–Crippen LogP) is 2.86. The van der Waals surface area contributed by atoms with Gasteiger partial charge in [-0.05, 0) is 26.0 Å². The Labute approximate surface area is 130 Å². The molecule has 9 heteroatoms. The van der Waals surface area contributed by atoms with E-state index in [0.29, 0.717) is 12.1 Å². The highest BCUT2D eigenvalue weighted by molar-refractivity contribution is 5.98. The van der Waals surface area contributed by atoms with Gasteiger partial charge in [0.05, 0.1) is 35.8 Å². The molecule has 0 radical (unpaired) electrons. The molecule has 1 aromatic rings. The first-order valence-electron chi connectivity index (χ1n) is 6.89. The van der Waals surface area contributed by atoms with E-state index in [0.717, 1.165) is 6.07 Å². The average Bonchev–Trinajstić information content (AvgIpc) is 2.45. The summed E-state index contributed by atoms with van der Waals surface area (Å²) in [6.07, 6.45) is -4.72. The molecule has 6 nitrogen and oxygen atoms in total. The summed E-state index contributed by atoms with van der Waals surface area (Å²) in [5, 5.41) is 11.1. The maximum Gasteiger partial charge on any atom is 0.416 e. The van der Waals surface area contributed by atoms with E-state index in [1.165, 1.54) is 4.90 Å². The van der Waals surface area contributed by atoms with Gasteiger partial charge in [-0.15, -0.1) is 0 Å². The van der Waals surface area contributed by atoms with Gasteiger partial charge in [-0.2, -0.15) is 13.2 Å². The zero-order valence-corrected chi connectivity index (χ0v) is 12.5. The lowest BCUT2D eigenvalue weighted by molar-refractivity contribution is -0.385. The Morgan fingerprint density at radius 3 is 2.35 bits per heavy atom. The molecule has 1 saturated heterocycles. The van der Waals surface area contributed by atoms with Gasteiger partial charge >= 0.3 is 6.18 Å². The molecule has 2 unspecified atom stereocenters. The van der Waals surface area contributed by atoms with E-state index in [9.17, 15) is 28.1 Å². The van der Waals surface area contributed by atoms with Crippen molar-refractivity contribution in [3.05, 3.63) is 39.4 Å². The van der Waals surface area contributed by atoms with Crippen molar-refractivity contribution >= 4 is 11.6 Å². The Kier molecular flexibility index (Phi) is 4.60. The minimum absolute atomic E-state index is 0.268. The second-order valence-corrected chi connectivity index (χ2v) is 5.43. The summed E-state index contributed by atoms with van der Waals surface area (Å²) in [5.41, 5.74) is -2.37. The average molecular weight is 332 g/mol. The second-order valence-electron chi connectivity index (χ2n) is 5.43. The van der Waals surface area contributed by atoms with Crippen LogP contribution in [0.25, 0.3) is 0 Å². The summed E-state index contributed by atoms with van der Waals surface area (Å²) in [6.45, 7) is 3.96.